The first-order valence-electron chi connectivity index (χ1n) is 10.6. The minimum absolute atomic E-state index is 0.199. The fraction of sp³-hybridized carbons (Fsp3) is 0.348. The Bertz CT molecular complexity index is 973. The molecule has 0 bridgehead atoms. The van der Waals surface area contributed by atoms with Gasteiger partial charge in [-0.3, -0.25) is 4.79 Å². The number of carbonyl (C=O) groups is 1. The van der Waals surface area contributed by atoms with Crippen LogP contribution in [0.4, 0.5) is 11.7 Å². The van der Waals surface area contributed by atoms with E-state index in [2.05, 4.69) is 39.6 Å². The molecule has 1 heterocycles. The fourth-order valence-electron chi connectivity index (χ4n) is 3.16. The van der Waals surface area contributed by atoms with Crippen molar-refractivity contribution >= 4 is 29.2 Å². The molecule has 0 saturated carbocycles. The van der Waals surface area contributed by atoms with Gasteiger partial charge in [-0.15, -0.1) is 5.10 Å². The lowest BCUT2D eigenvalue weighted by atomic mass is 10.2. The zero-order chi connectivity index (χ0) is 22.1. The second-order valence-electron chi connectivity index (χ2n) is 7.09. The first-order valence-corrected chi connectivity index (χ1v) is 10.9. The molecule has 8 heteroatoms. The van der Waals surface area contributed by atoms with Gasteiger partial charge in [-0.25, -0.2) is 0 Å². The summed E-state index contributed by atoms with van der Waals surface area (Å²) in [6, 6.07) is 14.6. The zero-order valence-corrected chi connectivity index (χ0v) is 18.7. The average Bonchev–Trinajstić information content (AvgIpc) is 3.25. The van der Waals surface area contributed by atoms with Crippen LogP contribution in [0.1, 0.15) is 37.0 Å². The molecule has 2 N–H and O–H groups in total. The van der Waals surface area contributed by atoms with E-state index >= 15 is 0 Å². The molecule has 7 nitrogen and oxygen atoms in total. The number of nitrogens with zero attached hydrogens (tertiary/aromatic N) is 3. The van der Waals surface area contributed by atoms with Crippen LogP contribution in [0.3, 0.4) is 0 Å². The second kappa shape index (κ2) is 11.5. The molecule has 0 aliphatic carbocycles. The first kappa shape index (κ1) is 22.8. The molecule has 0 unspecified atom stereocenters. The van der Waals surface area contributed by atoms with E-state index in [1.807, 2.05) is 18.2 Å². The summed E-state index contributed by atoms with van der Waals surface area (Å²) in [7, 11) is 0. The van der Waals surface area contributed by atoms with E-state index in [1.54, 1.807) is 30.3 Å². The van der Waals surface area contributed by atoms with Crippen LogP contribution in [0.5, 0.6) is 0 Å². The summed E-state index contributed by atoms with van der Waals surface area (Å²) in [5.41, 5.74) is 1.78. The number of carbonyl (C=O) groups excluding carboxylic acids is 1. The molecule has 0 aliphatic rings. The van der Waals surface area contributed by atoms with Gasteiger partial charge in [0.1, 0.15) is 0 Å². The maximum absolute atomic E-state index is 12.3. The maximum atomic E-state index is 12.3. The van der Waals surface area contributed by atoms with E-state index in [4.69, 9.17) is 16.0 Å². The molecule has 1 aromatic heterocycles. The molecule has 3 aromatic rings. The zero-order valence-electron chi connectivity index (χ0n) is 17.9. The van der Waals surface area contributed by atoms with Crippen LogP contribution < -0.4 is 10.6 Å². The van der Waals surface area contributed by atoms with Gasteiger partial charge in [0, 0.05) is 17.8 Å². The van der Waals surface area contributed by atoms with Crippen LogP contribution in [0.25, 0.3) is 11.5 Å². The molecule has 0 fully saturated rings. The molecule has 2 aromatic carbocycles. The molecule has 164 valence electrons. The van der Waals surface area contributed by atoms with Crippen molar-refractivity contribution in [2.24, 2.45) is 0 Å². The highest BCUT2D eigenvalue weighted by atomic mass is 35.5. The van der Waals surface area contributed by atoms with Gasteiger partial charge in [0.05, 0.1) is 10.6 Å². The Morgan fingerprint density at radius 1 is 1.06 bits per heavy atom. The predicted octanol–water partition coefficient (Wildman–Crippen LogP) is 5.18. The molecular formula is C23H28ClN5O2. The van der Waals surface area contributed by atoms with Gasteiger partial charge >= 0.3 is 6.01 Å². The molecule has 0 radical (unpaired) electrons. The Hall–Kier alpha value is -2.90. The second-order valence-corrected chi connectivity index (χ2v) is 7.50. The Kier molecular flexibility index (Phi) is 8.44. The number of nitrogens with one attached hydrogen (secondary N) is 2. The summed E-state index contributed by atoms with van der Waals surface area (Å²) in [5.74, 6) is 0.131. The summed E-state index contributed by atoms with van der Waals surface area (Å²) in [6.07, 6.45) is 2.13. The van der Waals surface area contributed by atoms with Crippen molar-refractivity contribution in [2.75, 3.05) is 36.8 Å². The third-order valence-electron chi connectivity index (χ3n) is 4.99. The SMILES string of the molecule is CCN(CC)CCCCNc1nnc(-c2ccc(NC(=O)c3ccccc3)cc2Cl)o1. The van der Waals surface area contributed by atoms with Crippen molar-refractivity contribution < 1.29 is 9.21 Å². The topological polar surface area (TPSA) is 83.3 Å². The van der Waals surface area contributed by atoms with Gasteiger partial charge in [-0.2, -0.15) is 0 Å². The quantitative estimate of drug-likeness (QED) is 0.399. The largest absolute Gasteiger partial charge is 0.403 e. The summed E-state index contributed by atoms with van der Waals surface area (Å²) in [6.45, 7) is 8.36. The predicted molar refractivity (Wildman–Crippen MR) is 125 cm³/mol. The highest BCUT2D eigenvalue weighted by molar-refractivity contribution is 6.33. The molecule has 0 aliphatic heterocycles. The lowest BCUT2D eigenvalue weighted by molar-refractivity contribution is 0.102. The van der Waals surface area contributed by atoms with E-state index in [0.717, 1.165) is 39.0 Å². The fourth-order valence-corrected chi connectivity index (χ4v) is 3.42. The average molecular weight is 442 g/mol. The number of benzene rings is 2. The van der Waals surface area contributed by atoms with Crippen LogP contribution in [-0.2, 0) is 0 Å². The summed E-state index contributed by atoms with van der Waals surface area (Å²) >= 11 is 6.40. The van der Waals surface area contributed by atoms with Crippen molar-refractivity contribution in [3.05, 3.63) is 59.1 Å². The minimum atomic E-state index is -0.199. The van der Waals surface area contributed by atoms with Gasteiger partial charge in [-0.05, 0) is 62.8 Å². The number of anilines is 2. The van der Waals surface area contributed by atoms with E-state index in [-0.39, 0.29) is 5.91 Å². The molecule has 31 heavy (non-hydrogen) atoms. The Labute approximate surface area is 187 Å². The van der Waals surface area contributed by atoms with Crippen LogP contribution >= 0.6 is 11.6 Å². The lowest BCUT2D eigenvalue weighted by Crippen LogP contribution is -2.24. The van der Waals surface area contributed by atoms with Crippen molar-refractivity contribution in [3.8, 4) is 11.5 Å². The van der Waals surface area contributed by atoms with E-state index in [0.29, 0.717) is 33.7 Å². The molecule has 0 atom stereocenters. The number of hydrogen-bond donors (Lipinski definition) is 2. The van der Waals surface area contributed by atoms with Gasteiger partial charge in [0.2, 0.25) is 0 Å². The van der Waals surface area contributed by atoms with Crippen molar-refractivity contribution in [2.45, 2.75) is 26.7 Å². The number of rotatable bonds is 11. The van der Waals surface area contributed by atoms with Crippen molar-refractivity contribution in [3.63, 3.8) is 0 Å². The van der Waals surface area contributed by atoms with E-state index in [1.165, 1.54) is 0 Å². The number of halogens is 1. The number of aromatic nitrogens is 2. The summed E-state index contributed by atoms with van der Waals surface area (Å²) in [5, 5.41) is 14.5. The molecule has 1 amide bonds. The minimum Gasteiger partial charge on any atom is -0.403 e. The Balaban J connectivity index is 1.54. The van der Waals surface area contributed by atoms with Crippen molar-refractivity contribution in [1.29, 1.82) is 0 Å². The third-order valence-corrected chi connectivity index (χ3v) is 5.30. The smallest absolute Gasteiger partial charge is 0.315 e. The maximum Gasteiger partial charge on any atom is 0.315 e. The molecule has 0 saturated heterocycles. The van der Waals surface area contributed by atoms with Crippen LogP contribution in [-0.4, -0.2) is 47.2 Å². The van der Waals surface area contributed by atoms with E-state index in [9.17, 15) is 4.79 Å². The van der Waals surface area contributed by atoms with Crippen LogP contribution in [0.2, 0.25) is 5.02 Å². The lowest BCUT2D eigenvalue weighted by Gasteiger charge is -2.17. The van der Waals surface area contributed by atoms with Gasteiger partial charge in [-0.1, -0.05) is 48.7 Å². The molecule has 3 rings (SSSR count). The third kappa shape index (κ3) is 6.54. The summed E-state index contributed by atoms with van der Waals surface area (Å²) in [4.78, 5) is 14.7. The monoisotopic (exact) mass is 441 g/mol. The van der Waals surface area contributed by atoms with Crippen LogP contribution in [0, 0.1) is 0 Å². The van der Waals surface area contributed by atoms with E-state index < -0.39 is 0 Å². The normalized spacial score (nSPS) is 11.0. The number of unbranched alkanes of at least 4 members (excludes halogenated alkanes) is 1. The van der Waals surface area contributed by atoms with Crippen LogP contribution in [0.15, 0.2) is 52.9 Å². The highest BCUT2D eigenvalue weighted by Gasteiger charge is 2.14. The van der Waals surface area contributed by atoms with Gasteiger partial charge in [0.15, 0.2) is 0 Å². The Morgan fingerprint density at radius 3 is 2.55 bits per heavy atom. The number of hydrogen-bond acceptors (Lipinski definition) is 6. The standard InChI is InChI=1S/C23H28ClN5O2/c1-3-29(4-2)15-9-8-14-25-23-28-27-22(31-23)19-13-12-18(16-20(19)24)26-21(30)17-10-6-5-7-11-17/h5-7,10-13,16H,3-4,8-9,14-15H2,1-2H3,(H,25,28)(H,26,30). The highest BCUT2D eigenvalue weighted by Crippen LogP contribution is 2.30. The van der Waals surface area contributed by atoms with Gasteiger partial charge in [0.25, 0.3) is 11.8 Å². The molecule has 0 spiro atoms. The Morgan fingerprint density at radius 2 is 1.84 bits per heavy atom. The first-order chi connectivity index (χ1) is 15.1. The van der Waals surface area contributed by atoms with Crippen molar-refractivity contribution in [1.82, 2.24) is 15.1 Å². The molecular weight excluding hydrogens is 414 g/mol. The summed E-state index contributed by atoms with van der Waals surface area (Å²) < 4.78 is 5.70. The van der Waals surface area contributed by atoms with Gasteiger partial charge < -0.3 is 20.0 Å². The number of amides is 1.